The fourth-order valence-corrected chi connectivity index (χ4v) is 1.53. The van der Waals surface area contributed by atoms with Crippen molar-refractivity contribution in [1.82, 2.24) is 5.32 Å². The molecule has 0 aromatic rings. The normalized spacial score (nSPS) is 14.4. The first kappa shape index (κ1) is 15.9. The second-order valence-electron chi connectivity index (χ2n) is 4.78. The van der Waals surface area contributed by atoms with Crippen molar-refractivity contribution in [3.05, 3.63) is 0 Å². The lowest BCUT2D eigenvalue weighted by atomic mass is 10.0. The van der Waals surface area contributed by atoms with Gasteiger partial charge in [-0.25, -0.2) is 4.79 Å². The number of unbranched alkanes of at least 4 members (excludes halogenated alkanes) is 1. The number of nitrogens with one attached hydrogen (secondary N) is 1. The molecule has 1 amide bonds. The van der Waals surface area contributed by atoms with Gasteiger partial charge < -0.3 is 16.2 Å². The highest BCUT2D eigenvalue weighted by Crippen LogP contribution is 2.06. The van der Waals surface area contributed by atoms with Crippen molar-refractivity contribution in [2.24, 2.45) is 11.7 Å². The van der Waals surface area contributed by atoms with E-state index in [1.807, 2.05) is 20.8 Å². The zero-order valence-corrected chi connectivity index (χ0v) is 10.9. The fraction of sp³-hybridized carbons (Fsp3) is 0.833. The molecule has 0 fully saturated rings. The number of hydrogen-bond donors (Lipinski definition) is 3. The molecule has 0 aromatic heterocycles. The molecular weight excluding hydrogens is 220 g/mol. The Hall–Kier alpha value is -1.10. The number of hydrogen-bond acceptors (Lipinski definition) is 3. The van der Waals surface area contributed by atoms with E-state index in [1.165, 1.54) is 0 Å². The van der Waals surface area contributed by atoms with E-state index in [0.29, 0.717) is 12.8 Å². The van der Waals surface area contributed by atoms with Gasteiger partial charge in [-0.1, -0.05) is 33.6 Å². The summed E-state index contributed by atoms with van der Waals surface area (Å²) < 4.78 is 0. The topological polar surface area (TPSA) is 92.4 Å². The predicted molar refractivity (Wildman–Crippen MR) is 66.5 cm³/mol. The maximum atomic E-state index is 11.6. The van der Waals surface area contributed by atoms with Crippen LogP contribution in [0.15, 0.2) is 0 Å². The third kappa shape index (κ3) is 6.94. The maximum absolute atomic E-state index is 11.6. The summed E-state index contributed by atoms with van der Waals surface area (Å²) in [6, 6.07) is -1.45. The lowest BCUT2D eigenvalue weighted by Gasteiger charge is -2.19. The molecule has 0 unspecified atom stereocenters. The average molecular weight is 244 g/mol. The number of carbonyl (C=O) groups is 2. The molecular formula is C12H24N2O3. The summed E-state index contributed by atoms with van der Waals surface area (Å²) in [6.07, 6.45) is 2.85. The molecule has 0 saturated carbocycles. The van der Waals surface area contributed by atoms with Gasteiger partial charge in [-0.15, -0.1) is 0 Å². The Bertz CT molecular complexity index is 254. The molecule has 0 aliphatic rings. The first-order chi connectivity index (χ1) is 7.88. The van der Waals surface area contributed by atoms with E-state index in [1.54, 1.807) is 0 Å². The third-order valence-electron chi connectivity index (χ3n) is 2.53. The Morgan fingerprint density at radius 2 is 1.94 bits per heavy atom. The van der Waals surface area contributed by atoms with Crippen LogP contribution in [-0.2, 0) is 9.59 Å². The molecule has 0 spiro atoms. The number of nitrogens with two attached hydrogens (primary N) is 1. The largest absolute Gasteiger partial charge is 0.480 e. The summed E-state index contributed by atoms with van der Waals surface area (Å²) >= 11 is 0. The van der Waals surface area contributed by atoms with E-state index in [0.717, 1.165) is 12.8 Å². The molecule has 2 atom stereocenters. The number of amides is 1. The van der Waals surface area contributed by atoms with E-state index in [4.69, 9.17) is 10.8 Å². The summed E-state index contributed by atoms with van der Waals surface area (Å²) in [4.78, 5) is 22.6. The Balaban J connectivity index is 4.25. The van der Waals surface area contributed by atoms with Crippen molar-refractivity contribution >= 4 is 11.9 Å². The highest BCUT2D eigenvalue weighted by Gasteiger charge is 2.23. The van der Waals surface area contributed by atoms with Crippen LogP contribution in [0, 0.1) is 5.92 Å². The zero-order chi connectivity index (χ0) is 13.4. The molecule has 0 bridgehead atoms. The van der Waals surface area contributed by atoms with Crippen LogP contribution < -0.4 is 11.1 Å². The Kier molecular flexibility index (Phi) is 7.54. The molecule has 4 N–H and O–H groups in total. The minimum Gasteiger partial charge on any atom is -0.480 e. The zero-order valence-electron chi connectivity index (χ0n) is 10.9. The van der Waals surface area contributed by atoms with Crippen LogP contribution in [0.25, 0.3) is 0 Å². The van der Waals surface area contributed by atoms with E-state index in [2.05, 4.69) is 5.32 Å². The van der Waals surface area contributed by atoms with Crippen LogP contribution in [-0.4, -0.2) is 29.1 Å². The average Bonchev–Trinajstić information content (AvgIpc) is 2.23. The van der Waals surface area contributed by atoms with Crippen LogP contribution in [0.2, 0.25) is 0 Å². The lowest BCUT2D eigenvalue weighted by Crippen LogP contribution is -2.48. The molecule has 5 nitrogen and oxygen atoms in total. The highest BCUT2D eigenvalue weighted by molar-refractivity contribution is 5.86. The quantitative estimate of drug-likeness (QED) is 0.596. The Morgan fingerprint density at radius 1 is 1.35 bits per heavy atom. The van der Waals surface area contributed by atoms with Crippen LogP contribution in [0.3, 0.4) is 0 Å². The highest BCUT2D eigenvalue weighted by atomic mass is 16.4. The minimum absolute atomic E-state index is 0.211. The Labute approximate surface area is 103 Å². The summed E-state index contributed by atoms with van der Waals surface area (Å²) in [5, 5.41) is 11.5. The number of rotatable bonds is 8. The molecule has 5 heteroatoms. The number of carbonyl (C=O) groups excluding carboxylic acids is 1. The van der Waals surface area contributed by atoms with Gasteiger partial charge in [-0.3, -0.25) is 4.79 Å². The maximum Gasteiger partial charge on any atom is 0.326 e. The smallest absolute Gasteiger partial charge is 0.326 e. The van der Waals surface area contributed by atoms with Crippen molar-refractivity contribution in [2.75, 3.05) is 0 Å². The van der Waals surface area contributed by atoms with Crippen molar-refractivity contribution in [3.8, 4) is 0 Å². The number of aliphatic carboxylic acids is 1. The van der Waals surface area contributed by atoms with Gasteiger partial charge in [0, 0.05) is 0 Å². The van der Waals surface area contributed by atoms with Crippen molar-refractivity contribution < 1.29 is 14.7 Å². The van der Waals surface area contributed by atoms with Gasteiger partial charge in [0.05, 0.1) is 6.04 Å². The SMILES string of the molecule is CCCC[C@H](N)C(=O)N[C@H](CC(C)C)C(=O)O. The first-order valence-corrected chi connectivity index (χ1v) is 6.17. The van der Waals surface area contributed by atoms with Gasteiger partial charge in [0.2, 0.25) is 5.91 Å². The summed E-state index contributed by atoms with van der Waals surface area (Å²) in [7, 11) is 0. The molecule has 0 aromatic carbocycles. The molecule has 0 aliphatic heterocycles. The predicted octanol–water partition coefficient (Wildman–Crippen LogP) is 1.12. The molecule has 0 rings (SSSR count). The number of carboxylic acids is 1. The van der Waals surface area contributed by atoms with E-state index in [-0.39, 0.29) is 11.8 Å². The van der Waals surface area contributed by atoms with E-state index >= 15 is 0 Å². The minimum atomic E-state index is -1.00. The van der Waals surface area contributed by atoms with Crippen LogP contribution >= 0.6 is 0 Å². The third-order valence-corrected chi connectivity index (χ3v) is 2.53. The molecule has 100 valence electrons. The van der Waals surface area contributed by atoms with Crippen molar-refractivity contribution in [1.29, 1.82) is 0 Å². The first-order valence-electron chi connectivity index (χ1n) is 6.17. The second kappa shape index (κ2) is 8.06. The van der Waals surface area contributed by atoms with E-state index in [9.17, 15) is 9.59 Å². The van der Waals surface area contributed by atoms with Crippen LogP contribution in [0.1, 0.15) is 46.5 Å². The van der Waals surface area contributed by atoms with Gasteiger partial charge in [0.1, 0.15) is 6.04 Å². The standard InChI is InChI=1S/C12H24N2O3/c1-4-5-6-9(13)11(15)14-10(12(16)17)7-8(2)3/h8-10H,4-7,13H2,1-3H3,(H,14,15)(H,16,17)/t9-,10+/m0/s1. The van der Waals surface area contributed by atoms with Gasteiger partial charge >= 0.3 is 5.97 Å². The second-order valence-corrected chi connectivity index (χ2v) is 4.78. The monoisotopic (exact) mass is 244 g/mol. The molecule has 0 saturated heterocycles. The van der Waals surface area contributed by atoms with Crippen LogP contribution in [0.4, 0.5) is 0 Å². The van der Waals surface area contributed by atoms with Crippen LogP contribution in [0.5, 0.6) is 0 Å². The van der Waals surface area contributed by atoms with E-state index < -0.39 is 18.1 Å². The van der Waals surface area contributed by atoms with Gasteiger partial charge in [0.15, 0.2) is 0 Å². The summed E-state index contributed by atoms with van der Waals surface area (Å²) in [5.74, 6) is -1.16. The fourth-order valence-electron chi connectivity index (χ4n) is 1.53. The number of carboxylic acid groups (broad SMARTS) is 1. The molecule has 0 radical (unpaired) electrons. The summed E-state index contributed by atoms with van der Waals surface area (Å²) in [5.41, 5.74) is 5.68. The van der Waals surface area contributed by atoms with Gasteiger partial charge in [-0.05, 0) is 18.8 Å². The lowest BCUT2D eigenvalue weighted by molar-refractivity contribution is -0.142. The van der Waals surface area contributed by atoms with Crippen molar-refractivity contribution in [3.63, 3.8) is 0 Å². The Morgan fingerprint density at radius 3 is 2.35 bits per heavy atom. The molecule has 0 heterocycles. The van der Waals surface area contributed by atoms with Crippen molar-refractivity contribution in [2.45, 2.75) is 58.5 Å². The van der Waals surface area contributed by atoms with Gasteiger partial charge in [-0.2, -0.15) is 0 Å². The summed E-state index contributed by atoms with van der Waals surface area (Å²) in [6.45, 7) is 5.85. The molecule has 0 aliphatic carbocycles. The van der Waals surface area contributed by atoms with Gasteiger partial charge in [0.25, 0.3) is 0 Å². The molecule has 17 heavy (non-hydrogen) atoms.